The molecule has 6 N–H and O–H groups in total. The van der Waals surface area contributed by atoms with E-state index in [1.165, 1.54) is 16.7 Å². The highest BCUT2D eigenvalue weighted by atomic mass is 16.7. The van der Waals surface area contributed by atoms with Gasteiger partial charge in [-0.1, -0.05) is 34.9 Å². The molecule has 3 aliphatic heterocycles. The first-order valence-corrected chi connectivity index (χ1v) is 28.3. The highest BCUT2D eigenvalue weighted by Crippen LogP contribution is 2.53. The second kappa shape index (κ2) is 29.5. The van der Waals surface area contributed by atoms with E-state index in [2.05, 4.69) is 18.2 Å². The number of ether oxygens (including phenoxy) is 6. The van der Waals surface area contributed by atoms with Crippen molar-refractivity contribution in [1.29, 1.82) is 0 Å². The number of allylic oxidation sites excluding steroid dienone is 6. The average Bonchev–Trinajstić information content (AvgIpc) is 4.22. The summed E-state index contributed by atoms with van der Waals surface area (Å²) in [6, 6.07) is 0. The zero-order valence-electron chi connectivity index (χ0n) is 43.1. The van der Waals surface area contributed by atoms with Crippen LogP contribution in [0.3, 0.4) is 0 Å². The molecule has 15 atom stereocenters. The number of aliphatic hydroxyl groups excluding tert-OH is 3. The highest BCUT2D eigenvalue weighted by molar-refractivity contribution is 5.67. The minimum absolute atomic E-state index is 0.0809. The number of carboxylic acid groups (broad SMARTS) is 3. The van der Waals surface area contributed by atoms with Crippen LogP contribution in [0.4, 0.5) is 0 Å². The van der Waals surface area contributed by atoms with E-state index in [0.717, 1.165) is 155 Å². The van der Waals surface area contributed by atoms with Gasteiger partial charge in [0, 0.05) is 76.7 Å². The van der Waals surface area contributed by atoms with Crippen LogP contribution in [0.25, 0.3) is 0 Å². The van der Waals surface area contributed by atoms with Crippen molar-refractivity contribution in [2.45, 2.75) is 211 Å². The molecule has 9 rings (SSSR count). The van der Waals surface area contributed by atoms with Crippen LogP contribution in [0.15, 0.2) is 34.9 Å². The Morgan fingerprint density at radius 1 is 0.444 bits per heavy atom. The summed E-state index contributed by atoms with van der Waals surface area (Å²) >= 11 is 0. The summed E-state index contributed by atoms with van der Waals surface area (Å²) in [5.41, 5.74) is 4.34. The molecule has 0 spiro atoms. The molecule has 6 aliphatic carbocycles. The van der Waals surface area contributed by atoms with E-state index in [-0.39, 0.29) is 94.0 Å². The fraction of sp³-hybridized carbons (Fsp3) is 0.842. The largest absolute Gasteiger partial charge is 0.481 e. The molecule has 9 aliphatic rings. The summed E-state index contributed by atoms with van der Waals surface area (Å²) in [5, 5.41) is 55.7. The molecular weight excluding hydrogens is 925 g/mol. The molecule has 3 heterocycles. The van der Waals surface area contributed by atoms with E-state index in [1.807, 2.05) is 0 Å². The number of aliphatic carboxylic acids is 3. The third-order valence-corrected chi connectivity index (χ3v) is 17.7. The molecular formula is C57H90O15. The molecule has 9 fully saturated rings. The molecule has 15 nitrogen and oxygen atoms in total. The number of hydrogen-bond donors (Lipinski definition) is 6. The fourth-order valence-corrected chi connectivity index (χ4v) is 14.1. The van der Waals surface area contributed by atoms with Gasteiger partial charge in [-0.15, -0.1) is 0 Å². The molecule has 0 aromatic heterocycles. The van der Waals surface area contributed by atoms with Crippen LogP contribution in [0.1, 0.15) is 173 Å². The zero-order chi connectivity index (χ0) is 50.8. The molecule has 15 heteroatoms. The van der Waals surface area contributed by atoms with Crippen molar-refractivity contribution in [2.75, 3.05) is 39.6 Å². The standard InChI is InChI=1S/3C19H30O5/c3*20-12-16-15-10-13(5-1-2-6-18(21)22)9-14(15)11-17(16)24-19-7-3-4-8-23-19/h3*5,14-17,19-20H,1-4,6-12H2,(H,21,22)/b13-5+;2*13-5-/t3*14-,15-,16+,17+,19?/m000/s1. The topological polar surface area (TPSA) is 228 Å². The predicted octanol–water partition coefficient (Wildman–Crippen LogP) is 9.35. The molecule has 6 saturated carbocycles. The zero-order valence-corrected chi connectivity index (χ0v) is 43.1. The Morgan fingerprint density at radius 2 is 0.736 bits per heavy atom. The highest BCUT2D eigenvalue weighted by Gasteiger charge is 2.50. The van der Waals surface area contributed by atoms with Crippen LogP contribution in [-0.4, -0.2) is 125 Å². The quantitative estimate of drug-likeness (QED) is 0.0465. The Kier molecular flexibility index (Phi) is 23.4. The van der Waals surface area contributed by atoms with Gasteiger partial charge in [-0.25, -0.2) is 0 Å². The van der Waals surface area contributed by atoms with E-state index < -0.39 is 17.9 Å². The van der Waals surface area contributed by atoms with E-state index in [0.29, 0.717) is 54.8 Å². The van der Waals surface area contributed by atoms with Crippen molar-refractivity contribution >= 4 is 17.9 Å². The molecule has 3 unspecified atom stereocenters. The van der Waals surface area contributed by atoms with E-state index in [1.54, 1.807) is 0 Å². The van der Waals surface area contributed by atoms with Gasteiger partial charge in [0.25, 0.3) is 0 Å². The van der Waals surface area contributed by atoms with Gasteiger partial charge >= 0.3 is 17.9 Å². The van der Waals surface area contributed by atoms with Gasteiger partial charge in [-0.05, 0) is 190 Å². The second-order valence-corrected chi connectivity index (χ2v) is 22.6. The van der Waals surface area contributed by atoms with Crippen molar-refractivity contribution in [3.05, 3.63) is 34.9 Å². The maximum atomic E-state index is 10.6. The lowest BCUT2D eigenvalue weighted by Gasteiger charge is -2.29. The Bertz CT molecular complexity index is 1560. The van der Waals surface area contributed by atoms with E-state index in [4.69, 9.17) is 43.7 Å². The SMILES string of the molecule is O=C(O)CCC/C=C1/C[C@H]2C[C@@H](OC3CCCCO3)[C@H](CO)[C@H]2C1.O=C(O)CCC/C=C1/C[C@H]2C[C@@H](OC3CCCCO3)[C@H](CO)[C@H]2C1.O=C(O)CCC/C=C1\C[C@H]2C[C@@H](OC3CCCCO3)[C@H](CO)[C@H]2C1. The van der Waals surface area contributed by atoms with Crippen LogP contribution in [0, 0.1) is 53.3 Å². The second-order valence-electron chi connectivity index (χ2n) is 22.6. The summed E-state index contributed by atoms with van der Waals surface area (Å²) in [4.78, 5) is 31.7. The first kappa shape index (κ1) is 57.0. The van der Waals surface area contributed by atoms with E-state index in [9.17, 15) is 29.7 Å². The van der Waals surface area contributed by atoms with Gasteiger partial charge in [-0.2, -0.15) is 0 Å². The van der Waals surface area contributed by atoms with Crippen LogP contribution < -0.4 is 0 Å². The smallest absolute Gasteiger partial charge is 0.303 e. The van der Waals surface area contributed by atoms with Crippen molar-refractivity contribution in [1.82, 2.24) is 0 Å². The minimum Gasteiger partial charge on any atom is -0.481 e. The minimum atomic E-state index is -0.720. The molecule has 0 aromatic rings. The number of carbonyl (C=O) groups is 3. The van der Waals surface area contributed by atoms with Gasteiger partial charge in [0.1, 0.15) is 0 Å². The van der Waals surface area contributed by atoms with Crippen molar-refractivity contribution in [2.24, 2.45) is 53.3 Å². The van der Waals surface area contributed by atoms with Gasteiger partial charge < -0.3 is 59.1 Å². The summed E-state index contributed by atoms with van der Waals surface area (Å²) in [5.74, 6) is 1.80. The number of rotatable bonds is 21. The first-order valence-electron chi connectivity index (χ1n) is 28.3. The maximum Gasteiger partial charge on any atom is 0.303 e. The normalized spacial score (nSPS) is 37.7. The molecule has 0 amide bonds. The first-order chi connectivity index (χ1) is 35.0. The Hall–Kier alpha value is -2.73. The van der Waals surface area contributed by atoms with Crippen molar-refractivity contribution in [3.8, 4) is 0 Å². The maximum absolute atomic E-state index is 10.6. The molecule has 72 heavy (non-hydrogen) atoms. The predicted molar refractivity (Wildman–Crippen MR) is 268 cm³/mol. The molecule has 0 radical (unpaired) electrons. The monoisotopic (exact) mass is 1010 g/mol. The number of fused-ring (bicyclic) bond motifs is 3. The number of hydrogen-bond acceptors (Lipinski definition) is 12. The lowest BCUT2D eigenvalue weighted by molar-refractivity contribution is -0.198. The summed E-state index contributed by atoms with van der Waals surface area (Å²) in [6.07, 6.45) is 31.4. The Balaban J connectivity index is 0.000000158. The average molecular weight is 1020 g/mol. The lowest BCUT2D eigenvalue weighted by Crippen LogP contribution is -2.32. The number of unbranched alkanes of at least 4 members (excludes halogenated alkanes) is 3. The molecule has 408 valence electrons. The van der Waals surface area contributed by atoms with Crippen LogP contribution in [-0.2, 0) is 42.8 Å². The van der Waals surface area contributed by atoms with E-state index >= 15 is 0 Å². The molecule has 0 aromatic carbocycles. The molecule has 0 bridgehead atoms. The lowest BCUT2D eigenvalue weighted by atomic mass is 9.92. The van der Waals surface area contributed by atoms with Crippen molar-refractivity contribution in [3.63, 3.8) is 0 Å². The van der Waals surface area contributed by atoms with Crippen LogP contribution >= 0.6 is 0 Å². The van der Waals surface area contributed by atoms with Crippen LogP contribution in [0.2, 0.25) is 0 Å². The third-order valence-electron chi connectivity index (χ3n) is 17.7. The Morgan fingerprint density at radius 3 is 0.972 bits per heavy atom. The summed E-state index contributed by atoms with van der Waals surface area (Å²) in [6.45, 7) is 2.92. The third kappa shape index (κ3) is 16.9. The van der Waals surface area contributed by atoms with Gasteiger partial charge in [0.05, 0.1) is 18.3 Å². The van der Waals surface area contributed by atoms with Gasteiger partial charge in [0.15, 0.2) is 18.9 Å². The van der Waals surface area contributed by atoms with Gasteiger partial charge in [-0.3, -0.25) is 14.4 Å². The van der Waals surface area contributed by atoms with Crippen molar-refractivity contribution < 1.29 is 73.4 Å². The number of carboxylic acids is 3. The Labute approximate surface area is 428 Å². The van der Waals surface area contributed by atoms with Crippen LogP contribution in [0.5, 0.6) is 0 Å². The summed E-state index contributed by atoms with van der Waals surface area (Å²) in [7, 11) is 0. The number of aliphatic hydroxyl groups is 3. The van der Waals surface area contributed by atoms with Gasteiger partial charge in [0.2, 0.25) is 0 Å². The molecule has 3 saturated heterocycles. The fourth-order valence-electron chi connectivity index (χ4n) is 14.1. The summed E-state index contributed by atoms with van der Waals surface area (Å²) < 4.78 is 35.6.